The zero-order valence-corrected chi connectivity index (χ0v) is 12.3. The molecule has 0 fully saturated rings. The van der Waals surface area contributed by atoms with E-state index in [0.29, 0.717) is 11.5 Å². The first kappa shape index (κ1) is 14.9. The molecule has 0 radical (unpaired) electrons. The van der Waals surface area contributed by atoms with Crippen molar-refractivity contribution >= 4 is 17.7 Å². The summed E-state index contributed by atoms with van der Waals surface area (Å²) in [5.74, 6) is 0.723. The second kappa shape index (κ2) is 7.33. The maximum absolute atomic E-state index is 11.8. The molecule has 4 nitrogen and oxygen atoms in total. The Bertz CT molecular complexity index is 598. The van der Waals surface area contributed by atoms with Gasteiger partial charge in [0.25, 0.3) is 0 Å². The number of anilines is 1. The van der Waals surface area contributed by atoms with Gasteiger partial charge in [-0.1, -0.05) is 6.07 Å². The van der Waals surface area contributed by atoms with E-state index in [9.17, 15) is 4.79 Å². The number of ether oxygens (including phenoxy) is 1. The molecule has 21 heavy (non-hydrogen) atoms. The first-order valence-corrected chi connectivity index (χ1v) is 7.01. The number of carbonyl (C=O) groups excluding carboxylic acids is 1. The number of carbonyl (C=O) groups is 1. The Kier molecular flexibility index (Phi) is 5.21. The average Bonchev–Trinajstić information content (AvgIpc) is 3.00. The number of nitrogens with zero attached hydrogens (tertiary/aromatic N) is 1. The fourth-order valence-corrected chi connectivity index (χ4v) is 2.02. The van der Waals surface area contributed by atoms with Gasteiger partial charge in [-0.3, -0.25) is 0 Å². The third kappa shape index (κ3) is 4.24. The average molecular weight is 285 g/mol. The molecule has 0 amide bonds. The lowest BCUT2D eigenvalue weighted by atomic mass is 10.2. The fourth-order valence-electron chi connectivity index (χ4n) is 2.02. The van der Waals surface area contributed by atoms with Crippen molar-refractivity contribution in [1.29, 1.82) is 0 Å². The van der Waals surface area contributed by atoms with Crippen molar-refractivity contribution in [2.75, 3.05) is 18.0 Å². The number of rotatable bonds is 6. The van der Waals surface area contributed by atoms with Gasteiger partial charge in [-0.05, 0) is 44.2 Å². The Morgan fingerprint density at radius 1 is 1.24 bits per heavy atom. The van der Waals surface area contributed by atoms with Crippen LogP contribution in [-0.4, -0.2) is 19.1 Å². The van der Waals surface area contributed by atoms with E-state index in [1.807, 2.05) is 18.2 Å². The van der Waals surface area contributed by atoms with Gasteiger partial charge in [0, 0.05) is 30.9 Å². The molecule has 0 aliphatic heterocycles. The largest absolute Gasteiger partial charge is 0.465 e. The van der Waals surface area contributed by atoms with Gasteiger partial charge in [-0.15, -0.1) is 0 Å². The first-order valence-electron chi connectivity index (χ1n) is 7.01. The second-order valence-electron chi connectivity index (χ2n) is 4.44. The van der Waals surface area contributed by atoms with E-state index in [1.54, 1.807) is 30.5 Å². The summed E-state index contributed by atoms with van der Waals surface area (Å²) in [6.45, 7) is 6.00. The van der Waals surface area contributed by atoms with Crippen LogP contribution in [0.2, 0.25) is 0 Å². The summed E-state index contributed by atoms with van der Waals surface area (Å²) < 4.78 is 10.4. The van der Waals surface area contributed by atoms with Crippen LogP contribution < -0.4 is 9.64 Å². The summed E-state index contributed by atoms with van der Waals surface area (Å²) in [4.78, 5) is 14.0. The van der Waals surface area contributed by atoms with E-state index in [-0.39, 0.29) is 0 Å². The SMILES string of the molecule is CCN(CC)c1cccc(OC(=O)C=Cc2ccco2)c1. The molecule has 4 heteroatoms. The Hall–Kier alpha value is -2.49. The number of furan rings is 1. The zero-order valence-electron chi connectivity index (χ0n) is 12.3. The zero-order chi connectivity index (χ0) is 15.1. The molecular weight excluding hydrogens is 266 g/mol. The highest BCUT2D eigenvalue weighted by Gasteiger charge is 2.05. The van der Waals surface area contributed by atoms with Crippen molar-refractivity contribution in [2.24, 2.45) is 0 Å². The third-order valence-electron chi connectivity index (χ3n) is 3.09. The molecule has 110 valence electrons. The van der Waals surface area contributed by atoms with Crippen LogP contribution in [0, 0.1) is 0 Å². The number of benzene rings is 1. The first-order chi connectivity index (χ1) is 10.2. The Morgan fingerprint density at radius 2 is 2.05 bits per heavy atom. The molecule has 2 rings (SSSR count). The minimum atomic E-state index is -0.428. The molecular formula is C17H19NO3. The molecule has 1 aromatic carbocycles. The van der Waals surface area contributed by atoms with Gasteiger partial charge in [-0.25, -0.2) is 4.79 Å². The lowest BCUT2D eigenvalue weighted by Gasteiger charge is -2.21. The maximum atomic E-state index is 11.8. The smallest absolute Gasteiger partial charge is 0.336 e. The predicted octanol–water partition coefficient (Wildman–Crippen LogP) is 3.74. The Morgan fingerprint density at radius 3 is 2.71 bits per heavy atom. The molecule has 0 unspecified atom stereocenters. The normalized spacial score (nSPS) is 10.8. The van der Waals surface area contributed by atoms with Crippen molar-refractivity contribution in [2.45, 2.75) is 13.8 Å². The van der Waals surface area contributed by atoms with Crippen LogP contribution in [0.3, 0.4) is 0 Å². The van der Waals surface area contributed by atoms with Crippen LogP contribution >= 0.6 is 0 Å². The molecule has 0 N–H and O–H groups in total. The highest BCUT2D eigenvalue weighted by molar-refractivity contribution is 5.88. The third-order valence-corrected chi connectivity index (χ3v) is 3.09. The van der Waals surface area contributed by atoms with Gasteiger partial charge >= 0.3 is 5.97 Å². The lowest BCUT2D eigenvalue weighted by Crippen LogP contribution is -2.21. The highest BCUT2D eigenvalue weighted by Crippen LogP contribution is 2.21. The second-order valence-corrected chi connectivity index (χ2v) is 4.44. The van der Waals surface area contributed by atoms with E-state index in [2.05, 4.69) is 18.7 Å². The summed E-state index contributed by atoms with van der Waals surface area (Å²) >= 11 is 0. The molecule has 0 spiro atoms. The van der Waals surface area contributed by atoms with Crippen LogP contribution in [0.1, 0.15) is 19.6 Å². The molecule has 0 saturated carbocycles. The van der Waals surface area contributed by atoms with Crippen molar-refractivity contribution < 1.29 is 13.9 Å². The highest BCUT2D eigenvalue weighted by atomic mass is 16.5. The van der Waals surface area contributed by atoms with Gasteiger partial charge in [0.2, 0.25) is 0 Å². The summed E-state index contributed by atoms with van der Waals surface area (Å²) in [6.07, 6.45) is 4.48. The summed E-state index contributed by atoms with van der Waals surface area (Å²) in [7, 11) is 0. The fraction of sp³-hybridized carbons (Fsp3) is 0.235. The number of hydrogen-bond donors (Lipinski definition) is 0. The van der Waals surface area contributed by atoms with Gasteiger partial charge in [0.05, 0.1) is 6.26 Å². The Balaban J connectivity index is 2.02. The number of hydrogen-bond acceptors (Lipinski definition) is 4. The quantitative estimate of drug-likeness (QED) is 0.460. The molecule has 0 atom stereocenters. The molecule has 0 saturated heterocycles. The molecule has 0 aliphatic carbocycles. The van der Waals surface area contributed by atoms with Crippen molar-refractivity contribution in [3.63, 3.8) is 0 Å². The lowest BCUT2D eigenvalue weighted by molar-refractivity contribution is -0.128. The van der Waals surface area contributed by atoms with Gasteiger partial charge in [-0.2, -0.15) is 0 Å². The van der Waals surface area contributed by atoms with Crippen molar-refractivity contribution in [3.05, 3.63) is 54.5 Å². The van der Waals surface area contributed by atoms with Crippen LogP contribution in [0.15, 0.2) is 53.2 Å². The van der Waals surface area contributed by atoms with Gasteiger partial charge in [0.1, 0.15) is 11.5 Å². The van der Waals surface area contributed by atoms with E-state index in [4.69, 9.17) is 9.15 Å². The maximum Gasteiger partial charge on any atom is 0.336 e. The van der Waals surface area contributed by atoms with Crippen molar-refractivity contribution in [1.82, 2.24) is 0 Å². The standard InChI is InChI=1S/C17H19NO3/c1-3-18(4-2)14-7-5-8-16(13-14)21-17(19)11-10-15-9-6-12-20-15/h5-13H,3-4H2,1-2H3. The molecule has 1 heterocycles. The minimum absolute atomic E-state index is 0.428. The molecule has 1 aromatic heterocycles. The summed E-state index contributed by atoms with van der Waals surface area (Å²) in [5, 5.41) is 0. The summed E-state index contributed by atoms with van der Waals surface area (Å²) in [6, 6.07) is 11.1. The number of esters is 1. The van der Waals surface area contributed by atoms with Gasteiger partial charge in [0.15, 0.2) is 0 Å². The van der Waals surface area contributed by atoms with Crippen molar-refractivity contribution in [3.8, 4) is 5.75 Å². The van der Waals surface area contributed by atoms with Crippen LogP contribution in [0.25, 0.3) is 6.08 Å². The van der Waals surface area contributed by atoms with Crippen LogP contribution in [-0.2, 0) is 4.79 Å². The monoisotopic (exact) mass is 285 g/mol. The molecule has 0 aliphatic rings. The molecule has 2 aromatic rings. The van der Waals surface area contributed by atoms with Gasteiger partial charge < -0.3 is 14.1 Å². The van der Waals surface area contributed by atoms with E-state index < -0.39 is 5.97 Å². The predicted molar refractivity (Wildman–Crippen MR) is 83.4 cm³/mol. The van der Waals surface area contributed by atoms with E-state index >= 15 is 0 Å². The topological polar surface area (TPSA) is 42.7 Å². The summed E-state index contributed by atoms with van der Waals surface area (Å²) in [5.41, 5.74) is 1.04. The van der Waals surface area contributed by atoms with Crippen LogP contribution in [0.4, 0.5) is 5.69 Å². The molecule has 0 bridgehead atoms. The van der Waals surface area contributed by atoms with Crippen LogP contribution in [0.5, 0.6) is 5.75 Å². The van der Waals surface area contributed by atoms with E-state index in [0.717, 1.165) is 18.8 Å². The minimum Gasteiger partial charge on any atom is -0.465 e. The van der Waals surface area contributed by atoms with E-state index in [1.165, 1.54) is 6.08 Å². The Labute approximate surface area is 124 Å².